The van der Waals surface area contributed by atoms with E-state index in [-0.39, 0.29) is 30.8 Å². The first-order valence-corrected chi connectivity index (χ1v) is 5.69. The molecule has 15 heavy (non-hydrogen) atoms. The van der Waals surface area contributed by atoms with Crippen LogP contribution in [0, 0.1) is 0 Å². The van der Waals surface area contributed by atoms with Crippen molar-refractivity contribution in [3.8, 4) is 5.75 Å². The van der Waals surface area contributed by atoms with E-state index in [1.54, 1.807) is 12.1 Å². The van der Waals surface area contributed by atoms with Crippen LogP contribution in [-0.4, -0.2) is 16.8 Å². The summed E-state index contributed by atoms with van der Waals surface area (Å²) < 4.78 is 1.19. The third kappa shape index (κ3) is 3.92. The van der Waals surface area contributed by atoms with Crippen LogP contribution in [0.15, 0.2) is 21.1 Å². The fourth-order valence-electron chi connectivity index (χ4n) is 1.10. The fraction of sp³-hybridized carbons (Fsp3) is 0.333. The first kappa shape index (κ1) is 15.2. The van der Waals surface area contributed by atoms with E-state index in [0.717, 1.165) is 5.56 Å². The Hall–Kier alpha value is 0.190. The monoisotopic (exact) mass is 359 g/mol. The quantitative estimate of drug-likeness (QED) is 0.776. The summed E-state index contributed by atoms with van der Waals surface area (Å²) >= 11 is 6.44. The lowest BCUT2D eigenvalue weighted by Gasteiger charge is -2.12. The molecule has 4 N–H and O–H groups in total. The Morgan fingerprint density at radius 2 is 1.73 bits per heavy atom. The average Bonchev–Trinajstić information content (AvgIpc) is 2.13. The Kier molecular flexibility index (Phi) is 6.79. The zero-order valence-corrected chi connectivity index (χ0v) is 11.8. The zero-order chi connectivity index (χ0) is 10.7. The van der Waals surface area contributed by atoms with E-state index in [4.69, 9.17) is 10.8 Å². The molecule has 0 fully saturated rings. The highest BCUT2D eigenvalue weighted by Crippen LogP contribution is 2.35. The number of phenols is 1. The first-order chi connectivity index (χ1) is 6.56. The van der Waals surface area contributed by atoms with E-state index in [9.17, 15) is 5.11 Å². The molecule has 0 radical (unpaired) electrons. The Balaban J connectivity index is 0.00000196. The van der Waals surface area contributed by atoms with Gasteiger partial charge in [-0.2, -0.15) is 0 Å². The number of benzene rings is 1. The minimum atomic E-state index is -0.215. The van der Waals surface area contributed by atoms with Crippen LogP contribution in [-0.2, 0) is 0 Å². The van der Waals surface area contributed by atoms with Crippen molar-refractivity contribution in [1.29, 1.82) is 0 Å². The first-order valence-electron chi connectivity index (χ1n) is 4.10. The van der Waals surface area contributed by atoms with Gasteiger partial charge in [0.1, 0.15) is 5.75 Å². The second-order valence-corrected chi connectivity index (χ2v) is 4.66. The van der Waals surface area contributed by atoms with Crippen LogP contribution in [0.2, 0.25) is 0 Å². The van der Waals surface area contributed by atoms with Gasteiger partial charge >= 0.3 is 0 Å². The highest BCUT2D eigenvalue weighted by atomic mass is 79.9. The van der Waals surface area contributed by atoms with Gasteiger partial charge in [0.2, 0.25) is 0 Å². The molecule has 0 spiro atoms. The van der Waals surface area contributed by atoms with E-state index in [1.807, 2.05) is 0 Å². The van der Waals surface area contributed by atoms with Gasteiger partial charge in [-0.15, -0.1) is 12.4 Å². The lowest BCUT2D eigenvalue weighted by Crippen LogP contribution is -2.11. The molecule has 0 saturated heterocycles. The van der Waals surface area contributed by atoms with Crippen molar-refractivity contribution in [2.75, 3.05) is 6.61 Å². The smallest absolute Gasteiger partial charge is 0.143 e. The Labute approximate surface area is 111 Å². The van der Waals surface area contributed by atoms with Crippen LogP contribution in [0.4, 0.5) is 0 Å². The second kappa shape index (κ2) is 6.70. The minimum Gasteiger partial charge on any atom is -0.506 e. The Morgan fingerprint density at radius 3 is 2.13 bits per heavy atom. The van der Waals surface area contributed by atoms with Crippen molar-refractivity contribution in [3.63, 3.8) is 0 Å². The normalized spacial score (nSPS) is 12.0. The summed E-state index contributed by atoms with van der Waals surface area (Å²) in [5.41, 5.74) is 6.68. The summed E-state index contributed by atoms with van der Waals surface area (Å²) in [4.78, 5) is 0. The number of nitrogens with two attached hydrogens (primary N) is 1. The molecule has 0 amide bonds. The van der Waals surface area contributed by atoms with Gasteiger partial charge in [0.25, 0.3) is 0 Å². The van der Waals surface area contributed by atoms with Crippen LogP contribution in [0.1, 0.15) is 18.0 Å². The number of hydrogen-bond acceptors (Lipinski definition) is 3. The maximum atomic E-state index is 9.46. The van der Waals surface area contributed by atoms with Crippen LogP contribution in [0.5, 0.6) is 5.75 Å². The van der Waals surface area contributed by atoms with Gasteiger partial charge in [-0.1, -0.05) is 0 Å². The molecular weight excluding hydrogens is 349 g/mol. The Bertz CT molecular complexity index is 313. The summed E-state index contributed by atoms with van der Waals surface area (Å²) in [6, 6.07) is 3.29. The van der Waals surface area contributed by atoms with Crippen molar-refractivity contribution in [1.82, 2.24) is 0 Å². The third-order valence-corrected chi connectivity index (χ3v) is 3.12. The number of aromatic hydroxyl groups is 1. The van der Waals surface area contributed by atoms with Crippen LogP contribution < -0.4 is 5.73 Å². The van der Waals surface area contributed by atoms with Crippen molar-refractivity contribution in [3.05, 3.63) is 26.6 Å². The van der Waals surface area contributed by atoms with Gasteiger partial charge < -0.3 is 15.9 Å². The number of aliphatic hydroxyl groups excluding tert-OH is 1. The minimum absolute atomic E-state index is 0. The van der Waals surface area contributed by atoms with Crippen molar-refractivity contribution < 1.29 is 10.2 Å². The van der Waals surface area contributed by atoms with Crippen LogP contribution in [0.3, 0.4) is 0 Å². The van der Waals surface area contributed by atoms with E-state index in [1.165, 1.54) is 0 Å². The SMILES string of the molecule is Cl.N[C@H](CCO)c1cc(Br)c(O)c(Br)c1. The molecule has 0 heterocycles. The molecule has 0 bridgehead atoms. The number of aliphatic hydroxyl groups is 1. The Morgan fingerprint density at radius 1 is 1.27 bits per heavy atom. The summed E-state index contributed by atoms with van der Waals surface area (Å²) in [6.45, 7) is 0.0529. The molecule has 1 rings (SSSR count). The van der Waals surface area contributed by atoms with Gasteiger partial charge in [0, 0.05) is 12.6 Å². The largest absolute Gasteiger partial charge is 0.506 e. The number of phenolic OH excluding ortho intramolecular Hbond substituents is 1. The maximum Gasteiger partial charge on any atom is 0.143 e. The maximum absolute atomic E-state index is 9.46. The molecule has 1 aromatic rings. The average molecular weight is 361 g/mol. The third-order valence-electron chi connectivity index (χ3n) is 1.91. The topological polar surface area (TPSA) is 66.5 Å². The van der Waals surface area contributed by atoms with E-state index in [0.29, 0.717) is 15.4 Å². The van der Waals surface area contributed by atoms with E-state index < -0.39 is 0 Å². The lowest BCUT2D eigenvalue weighted by atomic mass is 10.1. The molecule has 0 aromatic heterocycles. The van der Waals surface area contributed by atoms with Gasteiger partial charge in [0.15, 0.2) is 0 Å². The highest BCUT2D eigenvalue weighted by molar-refractivity contribution is 9.11. The number of rotatable bonds is 3. The molecule has 86 valence electrons. The van der Waals surface area contributed by atoms with Crippen LogP contribution >= 0.6 is 44.3 Å². The molecule has 0 saturated carbocycles. The number of halogens is 3. The van der Waals surface area contributed by atoms with Gasteiger partial charge in [-0.25, -0.2) is 0 Å². The molecule has 6 heteroatoms. The molecule has 0 aliphatic rings. The molecule has 0 aliphatic heterocycles. The zero-order valence-electron chi connectivity index (χ0n) is 7.78. The predicted octanol–water partition coefficient (Wildman–Crippen LogP) is 2.72. The fourth-order valence-corrected chi connectivity index (χ4v) is 2.33. The van der Waals surface area contributed by atoms with E-state index >= 15 is 0 Å². The van der Waals surface area contributed by atoms with Gasteiger partial charge in [0.05, 0.1) is 8.95 Å². The molecular formula is C9H12Br2ClNO2. The van der Waals surface area contributed by atoms with Crippen molar-refractivity contribution in [2.24, 2.45) is 5.73 Å². The van der Waals surface area contributed by atoms with Gasteiger partial charge in [-0.3, -0.25) is 0 Å². The van der Waals surface area contributed by atoms with E-state index in [2.05, 4.69) is 31.9 Å². The van der Waals surface area contributed by atoms with Crippen molar-refractivity contribution >= 4 is 44.3 Å². The van der Waals surface area contributed by atoms with Crippen molar-refractivity contribution in [2.45, 2.75) is 12.5 Å². The predicted molar refractivity (Wildman–Crippen MR) is 69.4 cm³/mol. The summed E-state index contributed by atoms with van der Waals surface area (Å²) in [5.74, 6) is 0.157. The molecule has 3 nitrogen and oxygen atoms in total. The molecule has 0 unspecified atom stereocenters. The summed E-state index contributed by atoms with van der Waals surface area (Å²) in [6.07, 6.45) is 0.504. The highest BCUT2D eigenvalue weighted by Gasteiger charge is 2.10. The molecule has 1 aromatic carbocycles. The second-order valence-electron chi connectivity index (χ2n) is 2.95. The molecule has 1 atom stereocenters. The number of hydrogen-bond donors (Lipinski definition) is 3. The van der Waals surface area contributed by atoms with Crippen LogP contribution in [0.25, 0.3) is 0 Å². The standard InChI is InChI=1S/C9H11Br2NO2.ClH/c10-6-3-5(8(12)1-2-13)4-7(11)9(6)14;/h3-4,8,13-14H,1-2,12H2;1H/t8-;/m1./s1. The lowest BCUT2D eigenvalue weighted by molar-refractivity contribution is 0.276. The summed E-state index contributed by atoms with van der Waals surface area (Å²) in [7, 11) is 0. The summed E-state index contributed by atoms with van der Waals surface area (Å²) in [5, 5.41) is 18.2. The van der Waals surface area contributed by atoms with Gasteiger partial charge in [-0.05, 0) is 56.0 Å². The molecule has 0 aliphatic carbocycles.